The lowest BCUT2D eigenvalue weighted by molar-refractivity contribution is -0.111. The molecule has 178 valence electrons. The molecule has 0 aliphatic heterocycles. The minimum absolute atomic E-state index is 0.0386. The van der Waals surface area contributed by atoms with Crippen LogP contribution in [0.1, 0.15) is 24.2 Å². The summed E-state index contributed by atoms with van der Waals surface area (Å²) in [6, 6.07) is 20.2. The molecule has 0 fully saturated rings. The van der Waals surface area contributed by atoms with Crippen LogP contribution in [-0.4, -0.2) is 17.1 Å². The molecular weight excluding hydrogens is 559 g/mol. The third kappa shape index (κ3) is 7.22. The summed E-state index contributed by atoms with van der Waals surface area (Å²) >= 11 is 2.10. The fourth-order valence-electron chi connectivity index (χ4n) is 3.22. The zero-order chi connectivity index (χ0) is 25.4. The van der Waals surface area contributed by atoms with E-state index in [0.29, 0.717) is 28.2 Å². The molecule has 8 nitrogen and oxygen atoms in total. The normalized spacial score (nSPS) is 12.4. The van der Waals surface area contributed by atoms with Gasteiger partial charge in [0.05, 0.1) is 23.0 Å². The average Bonchev–Trinajstić information content (AvgIpc) is 2.84. The molecule has 0 unspecified atom stereocenters. The number of phenolic OH excluding ortho intramolecular Hbond substituents is 1. The number of ether oxygens (including phenoxy) is 1. The van der Waals surface area contributed by atoms with Gasteiger partial charge in [0.1, 0.15) is 11.9 Å². The Morgan fingerprint density at radius 3 is 2.51 bits per heavy atom. The summed E-state index contributed by atoms with van der Waals surface area (Å²) in [5, 5.41) is 24.7. The van der Waals surface area contributed by atoms with E-state index in [0.717, 1.165) is 3.57 Å². The minimum atomic E-state index is -0.894. The number of nitrogens with two attached hydrogens (primary N) is 1. The number of hydrogen-bond acceptors (Lipinski definition) is 6. The van der Waals surface area contributed by atoms with Crippen LogP contribution in [-0.2, 0) is 9.53 Å². The Morgan fingerprint density at radius 1 is 1.11 bits per heavy atom. The third-order valence-corrected chi connectivity index (χ3v) is 5.71. The maximum atomic E-state index is 12.7. The summed E-state index contributed by atoms with van der Waals surface area (Å²) in [5.41, 5.74) is 8.09. The van der Waals surface area contributed by atoms with Crippen molar-refractivity contribution < 1.29 is 19.4 Å². The number of nitrogens with one attached hydrogen (secondary N) is 2. The topological polar surface area (TPSA) is 137 Å². The van der Waals surface area contributed by atoms with Gasteiger partial charge in [0.15, 0.2) is 0 Å². The molecule has 0 aliphatic rings. The molecule has 0 saturated heterocycles. The number of nitrogens with zero attached hydrogens (tertiary/aromatic N) is 1. The molecule has 0 bridgehead atoms. The summed E-state index contributed by atoms with van der Waals surface area (Å²) in [4.78, 5) is 25.1. The highest BCUT2D eigenvalue weighted by molar-refractivity contribution is 14.1. The van der Waals surface area contributed by atoms with Crippen LogP contribution in [0.4, 0.5) is 21.9 Å². The minimum Gasteiger partial charge on any atom is -0.508 e. The van der Waals surface area contributed by atoms with E-state index >= 15 is 0 Å². The smallest absolute Gasteiger partial charge is 0.412 e. The van der Waals surface area contributed by atoms with Gasteiger partial charge in [-0.15, -0.1) is 0 Å². The number of hydrogen-bond donors (Lipinski definition) is 4. The second-order valence-corrected chi connectivity index (χ2v) is 8.88. The molecule has 35 heavy (non-hydrogen) atoms. The molecular formula is C26H23IN4O4. The van der Waals surface area contributed by atoms with Crippen molar-refractivity contribution in [2.45, 2.75) is 13.0 Å². The summed E-state index contributed by atoms with van der Waals surface area (Å²) in [6.45, 7) is 1.76. The van der Waals surface area contributed by atoms with Crippen LogP contribution in [0, 0.1) is 20.8 Å². The number of para-hydroxylation sites is 2. The Labute approximate surface area is 216 Å². The molecule has 0 spiro atoms. The molecule has 9 heteroatoms. The van der Waals surface area contributed by atoms with Gasteiger partial charge in [-0.2, -0.15) is 5.26 Å². The van der Waals surface area contributed by atoms with Crippen LogP contribution in [0.2, 0.25) is 0 Å². The van der Waals surface area contributed by atoms with E-state index in [4.69, 9.17) is 15.7 Å². The maximum absolute atomic E-state index is 12.7. The first kappa shape index (κ1) is 25.6. The largest absolute Gasteiger partial charge is 0.508 e. The summed E-state index contributed by atoms with van der Waals surface area (Å²) in [5.74, 6) is -0.921. The predicted octanol–water partition coefficient (Wildman–Crippen LogP) is 5.57. The Balaban J connectivity index is 1.78. The predicted molar refractivity (Wildman–Crippen MR) is 143 cm³/mol. The SMILES string of the molecule is C[C@@H](/C=C/C(=O)Nc1ccccc1N)[C@@H](OC(=O)Nc1ccc(C#N)cc1)c1cc(I)ccc1O. The first-order valence-corrected chi connectivity index (χ1v) is 11.6. The van der Waals surface area contributed by atoms with Crippen molar-refractivity contribution in [3.63, 3.8) is 0 Å². The van der Waals surface area contributed by atoms with Crippen molar-refractivity contribution in [2.24, 2.45) is 5.92 Å². The van der Waals surface area contributed by atoms with Gasteiger partial charge < -0.3 is 20.9 Å². The number of aromatic hydroxyl groups is 1. The van der Waals surface area contributed by atoms with Crippen molar-refractivity contribution >= 4 is 51.7 Å². The second-order valence-electron chi connectivity index (χ2n) is 7.64. The van der Waals surface area contributed by atoms with E-state index in [1.807, 2.05) is 6.07 Å². The fraction of sp³-hybridized carbons (Fsp3) is 0.115. The zero-order valence-corrected chi connectivity index (χ0v) is 20.9. The molecule has 0 saturated carbocycles. The van der Waals surface area contributed by atoms with Crippen LogP contribution in [0.15, 0.2) is 78.9 Å². The number of carbonyl (C=O) groups is 2. The van der Waals surface area contributed by atoms with Crippen LogP contribution in [0.25, 0.3) is 0 Å². The van der Waals surface area contributed by atoms with E-state index in [2.05, 4.69) is 33.2 Å². The van der Waals surface area contributed by atoms with Crippen LogP contribution < -0.4 is 16.4 Å². The number of nitrogen functional groups attached to an aromatic ring is 1. The number of halogens is 1. The lowest BCUT2D eigenvalue weighted by atomic mass is 9.96. The number of nitriles is 1. The van der Waals surface area contributed by atoms with Crippen molar-refractivity contribution in [3.05, 3.63) is 93.6 Å². The molecule has 3 aromatic carbocycles. The van der Waals surface area contributed by atoms with E-state index < -0.39 is 24.0 Å². The Morgan fingerprint density at radius 2 is 1.83 bits per heavy atom. The van der Waals surface area contributed by atoms with Crippen LogP contribution in [0.3, 0.4) is 0 Å². The van der Waals surface area contributed by atoms with Crippen molar-refractivity contribution in [2.75, 3.05) is 16.4 Å². The maximum Gasteiger partial charge on any atom is 0.412 e. The zero-order valence-electron chi connectivity index (χ0n) is 18.7. The van der Waals surface area contributed by atoms with Crippen molar-refractivity contribution in [1.82, 2.24) is 0 Å². The lowest BCUT2D eigenvalue weighted by Gasteiger charge is -2.23. The number of carbonyl (C=O) groups excluding carboxylic acids is 2. The van der Waals surface area contributed by atoms with Gasteiger partial charge >= 0.3 is 6.09 Å². The van der Waals surface area contributed by atoms with Gasteiger partial charge in [-0.3, -0.25) is 10.1 Å². The standard InChI is InChI=1S/C26H23IN4O4/c1-16(6-13-24(33)31-22-5-3-2-4-21(22)29)25(20-14-18(27)9-12-23(20)32)35-26(34)30-19-10-7-17(15-28)8-11-19/h2-14,16,25,32H,29H2,1H3,(H,30,34)(H,31,33)/b13-6+/t16-,25+/m0/s1. The average molecular weight is 582 g/mol. The highest BCUT2D eigenvalue weighted by atomic mass is 127. The van der Waals surface area contributed by atoms with E-state index in [1.54, 1.807) is 73.7 Å². The van der Waals surface area contributed by atoms with Gasteiger partial charge in [-0.05, 0) is 83.3 Å². The number of amides is 2. The molecule has 0 heterocycles. The van der Waals surface area contributed by atoms with Gasteiger partial charge in [-0.25, -0.2) is 4.79 Å². The molecule has 3 rings (SSSR count). The number of benzene rings is 3. The van der Waals surface area contributed by atoms with E-state index in [1.165, 1.54) is 12.1 Å². The Bertz CT molecular complexity index is 1290. The highest BCUT2D eigenvalue weighted by Crippen LogP contribution is 2.35. The van der Waals surface area contributed by atoms with E-state index in [9.17, 15) is 14.7 Å². The molecule has 0 radical (unpaired) electrons. The summed E-state index contributed by atoms with van der Waals surface area (Å²) in [6.07, 6.45) is 1.28. The van der Waals surface area contributed by atoms with Gasteiger partial charge in [0.2, 0.25) is 5.91 Å². The molecule has 0 aliphatic carbocycles. The molecule has 0 aromatic heterocycles. The summed E-state index contributed by atoms with van der Waals surface area (Å²) < 4.78 is 6.52. The lowest BCUT2D eigenvalue weighted by Crippen LogP contribution is -2.21. The van der Waals surface area contributed by atoms with Gasteiger partial charge in [0.25, 0.3) is 0 Å². The molecule has 3 aromatic rings. The van der Waals surface area contributed by atoms with E-state index in [-0.39, 0.29) is 5.75 Å². The van der Waals surface area contributed by atoms with Crippen LogP contribution in [0.5, 0.6) is 5.75 Å². The Kier molecular flexibility index (Phi) is 8.69. The number of anilines is 3. The monoisotopic (exact) mass is 582 g/mol. The van der Waals surface area contributed by atoms with Gasteiger partial charge in [0, 0.05) is 20.7 Å². The summed E-state index contributed by atoms with van der Waals surface area (Å²) in [7, 11) is 0. The highest BCUT2D eigenvalue weighted by Gasteiger charge is 2.25. The van der Waals surface area contributed by atoms with Gasteiger partial charge in [-0.1, -0.05) is 25.1 Å². The quantitative estimate of drug-likeness (QED) is 0.163. The fourth-order valence-corrected chi connectivity index (χ4v) is 3.74. The Hall–Kier alpha value is -4.04. The first-order chi connectivity index (χ1) is 16.8. The van der Waals surface area contributed by atoms with Crippen LogP contribution >= 0.6 is 22.6 Å². The second kappa shape index (κ2) is 11.9. The molecule has 5 N–H and O–H groups in total. The number of phenols is 1. The van der Waals surface area contributed by atoms with Crippen molar-refractivity contribution in [3.8, 4) is 11.8 Å². The number of rotatable bonds is 7. The third-order valence-electron chi connectivity index (χ3n) is 5.04. The first-order valence-electron chi connectivity index (χ1n) is 10.6. The molecule has 2 amide bonds. The van der Waals surface area contributed by atoms with Crippen molar-refractivity contribution in [1.29, 1.82) is 5.26 Å². The molecule has 2 atom stereocenters.